The fourth-order valence-electron chi connectivity index (χ4n) is 1.12. The van der Waals surface area contributed by atoms with E-state index in [4.69, 9.17) is 0 Å². The predicted octanol–water partition coefficient (Wildman–Crippen LogP) is 1.47. The summed E-state index contributed by atoms with van der Waals surface area (Å²) in [5, 5.41) is 11.5. The highest BCUT2D eigenvalue weighted by Gasteiger charge is 2.13. The molecule has 0 saturated carbocycles. The third-order valence-corrected chi connectivity index (χ3v) is 2.14. The Morgan fingerprint density at radius 1 is 1.50 bits per heavy atom. The maximum absolute atomic E-state index is 13.1. The lowest BCUT2D eigenvalue weighted by Gasteiger charge is -2.09. The molecule has 1 aromatic carbocycles. The van der Waals surface area contributed by atoms with Crippen LogP contribution >= 0.6 is 0 Å². The molecular formula is C11H13F2NO2. The van der Waals surface area contributed by atoms with Crippen LogP contribution < -0.4 is 5.32 Å². The van der Waals surface area contributed by atoms with Gasteiger partial charge in [-0.1, -0.05) is 6.92 Å². The summed E-state index contributed by atoms with van der Waals surface area (Å²) < 4.78 is 25.9. The molecule has 0 aliphatic rings. The number of hydrogen-bond acceptors (Lipinski definition) is 2. The largest absolute Gasteiger partial charge is 0.391 e. The molecule has 0 aromatic heterocycles. The van der Waals surface area contributed by atoms with Gasteiger partial charge in [0.05, 0.1) is 11.7 Å². The molecule has 1 rings (SSSR count). The molecular weight excluding hydrogens is 216 g/mol. The maximum atomic E-state index is 13.1. The van der Waals surface area contributed by atoms with Gasteiger partial charge in [-0.15, -0.1) is 0 Å². The first-order chi connectivity index (χ1) is 7.54. The lowest BCUT2D eigenvalue weighted by molar-refractivity contribution is 0.0909. The number of carbonyl (C=O) groups is 1. The Morgan fingerprint density at radius 3 is 2.81 bits per heavy atom. The molecule has 1 amide bonds. The van der Waals surface area contributed by atoms with Gasteiger partial charge in [0.2, 0.25) is 0 Å². The highest BCUT2D eigenvalue weighted by atomic mass is 19.1. The number of hydrogen-bond donors (Lipinski definition) is 2. The van der Waals surface area contributed by atoms with E-state index < -0.39 is 23.6 Å². The van der Waals surface area contributed by atoms with Crippen molar-refractivity contribution in [2.24, 2.45) is 0 Å². The predicted molar refractivity (Wildman–Crippen MR) is 55.0 cm³/mol. The zero-order valence-electron chi connectivity index (χ0n) is 8.84. The summed E-state index contributed by atoms with van der Waals surface area (Å²) in [6.45, 7) is 1.77. The summed E-state index contributed by atoms with van der Waals surface area (Å²) in [6, 6.07) is 2.65. The number of aliphatic hydroxyl groups excluding tert-OH is 1. The Balaban J connectivity index is 2.69. The number of amides is 1. The fraction of sp³-hybridized carbons (Fsp3) is 0.364. The van der Waals surface area contributed by atoms with Crippen LogP contribution in [-0.4, -0.2) is 23.7 Å². The van der Waals surface area contributed by atoms with E-state index in [1.54, 1.807) is 6.92 Å². The molecule has 1 atom stereocenters. The smallest absolute Gasteiger partial charge is 0.254 e. The molecule has 0 spiro atoms. The van der Waals surface area contributed by atoms with Gasteiger partial charge >= 0.3 is 0 Å². The maximum Gasteiger partial charge on any atom is 0.254 e. The molecule has 0 aliphatic carbocycles. The molecule has 88 valence electrons. The van der Waals surface area contributed by atoms with E-state index in [9.17, 15) is 18.7 Å². The van der Waals surface area contributed by atoms with E-state index in [2.05, 4.69) is 5.32 Å². The van der Waals surface area contributed by atoms with Gasteiger partial charge in [0.1, 0.15) is 11.6 Å². The highest BCUT2D eigenvalue weighted by molar-refractivity contribution is 5.94. The van der Waals surface area contributed by atoms with Gasteiger partial charge in [0, 0.05) is 6.54 Å². The molecule has 0 bridgehead atoms. The van der Waals surface area contributed by atoms with Gasteiger partial charge in [-0.05, 0) is 24.6 Å². The van der Waals surface area contributed by atoms with Gasteiger partial charge in [0.25, 0.3) is 5.91 Å². The van der Waals surface area contributed by atoms with Crippen LogP contribution in [0.4, 0.5) is 8.78 Å². The van der Waals surface area contributed by atoms with E-state index in [0.29, 0.717) is 6.42 Å². The van der Waals surface area contributed by atoms with Crippen LogP contribution in [0.2, 0.25) is 0 Å². The molecule has 5 heteroatoms. The molecule has 2 N–H and O–H groups in total. The average Bonchev–Trinajstić information content (AvgIpc) is 2.28. The monoisotopic (exact) mass is 229 g/mol. The van der Waals surface area contributed by atoms with Gasteiger partial charge in [0.15, 0.2) is 0 Å². The number of nitrogens with one attached hydrogen (secondary N) is 1. The molecule has 1 unspecified atom stereocenters. The minimum atomic E-state index is -0.787. The fourth-order valence-corrected chi connectivity index (χ4v) is 1.12. The van der Waals surface area contributed by atoms with Crippen LogP contribution in [0.25, 0.3) is 0 Å². The second kappa shape index (κ2) is 5.55. The van der Waals surface area contributed by atoms with Crippen molar-refractivity contribution in [1.29, 1.82) is 0 Å². The summed E-state index contributed by atoms with van der Waals surface area (Å²) in [4.78, 5) is 11.4. The van der Waals surface area contributed by atoms with Crippen molar-refractivity contribution in [1.82, 2.24) is 5.32 Å². The van der Waals surface area contributed by atoms with Crippen LogP contribution in [0, 0.1) is 11.6 Å². The molecule has 3 nitrogen and oxygen atoms in total. The Morgan fingerprint density at radius 2 is 2.19 bits per heavy atom. The lowest BCUT2D eigenvalue weighted by Crippen LogP contribution is -2.32. The first-order valence-electron chi connectivity index (χ1n) is 4.96. The standard InChI is InChI=1S/C11H13F2NO2/c1-2-8(15)6-14-11(16)9-5-7(12)3-4-10(9)13/h3-5,8,15H,2,6H2,1H3,(H,14,16). The second-order valence-electron chi connectivity index (χ2n) is 3.40. The van der Waals surface area contributed by atoms with E-state index in [1.807, 2.05) is 0 Å². The minimum Gasteiger partial charge on any atom is -0.391 e. The van der Waals surface area contributed by atoms with Gasteiger partial charge in [-0.2, -0.15) is 0 Å². The Kier molecular flexibility index (Phi) is 4.37. The molecule has 0 aliphatic heterocycles. The van der Waals surface area contributed by atoms with Crippen LogP contribution in [-0.2, 0) is 0 Å². The minimum absolute atomic E-state index is 0.0191. The number of benzene rings is 1. The Hall–Kier alpha value is -1.49. The molecule has 1 aromatic rings. The molecule has 0 fully saturated rings. The van der Waals surface area contributed by atoms with Crippen molar-refractivity contribution >= 4 is 5.91 Å². The average molecular weight is 229 g/mol. The first kappa shape index (κ1) is 12.6. The van der Waals surface area contributed by atoms with E-state index in [1.165, 1.54) is 0 Å². The van der Waals surface area contributed by atoms with Crippen LogP contribution in [0.5, 0.6) is 0 Å². The van der Waals surface area contributed by atoms with Crippen molar-refractivity contribution in [3.8, 4) is 0 Å². The zero-order chi connectivity index (χ0) is 12.1. The summed E-state index contributed by atoms with van der Waals surface area (Å²) in [7, 11) is 0. The third-order valence-electron chi connectivity index (χ3n) is 2.14. The van der Waals surface area contributed by atoms with Crippen molar-refractivity contribution < 1.29 is 18.7 Å². The van der Waals surface area contributed by atoms with Crippen molar-refractivity contribution in [2.45, 2.75) is 19.4 Å². The summed E-state index contributed by atoms with van der Waals surface area (Å²) in [5.41, 5.74) is -0.358. The molecule has 0 radical (unpaired) electrons. The van der Waals surface area contributed by atoms with Crippen LogP contribution in [0.1, 0.15) is 23.7 Å². The Labute approximate surface area is 92.1 Å². The lowest BCUT2D eigenvalue weighted by atomic mass is 10.2. The molecule has 0 saturated heterocycles. The van der Waals surface area contributed by atoms with Gasteiger partial charge < -0.3 is 10.4 Å². The first-order valence-corrected chi connectivity index (χ1v) is 4.96. The zero-order valence-corrected chi connectivity index (χ0v) is 8.84. The van der Waals surface area contributed by atoms with Gasteiger partial charge in [-0.3, -0.25) is 4.79 Å². The Bertz CT molecular complexity index is 382. The SMILES string of the molecule is CCC(O)CNC(=O)c1cc(F)ccc1F. The highest BCUT2D eigenvalue weighted by Crippen LogP contribution is 2.09. The second-order valence-corrected chi connectivity index (χ2v) is 3.40. The van der Waals surface area contributed by atoms with Crippen LogP contribution in [0.15, 0.2) is 18.2 Å². The van der Waals surface area contributed by atoms with E-state index >= 15 is 0 Å². The van der Waals surface area contributed by atoms with Crippen molar-refractivity contribution in [3.63, 3.8) is 0 Å². The third kappa shape index (κ3) is 3.27. The molecule has 0 heterocycles. The summed E-state index contributed by atoms with van der Waals surface area (Å²) in [5.74, 6) is -2.20. The number of carbonyl (C=O) groups excluding carboxylic acids is 1. The van der Waals surface area contributed by atoms with E-state index in [0.717, 1.165) is 18.2 Å². The summed E-state index contributed by atoms with van der Waals surface area (Å²) >= 11 is 0. The number of aliphatic hydroxyl groups is 1. The van der Waals surface area contributed by atoms with E-state index in [-0.39, 0.29) is 12.1 Å². The number of rotatable bonds is 4. The van der Waals surface area contributed by atoms with Crippen molar-refractivity contribution in [2.75, 3.05) is 6.54 Å². The number of halogens is 2. The normalized spacial score (nSPS) is 12.2. The van der Waals surface area contributed by atoms with Crippen LogP contribution in [0.3, 0.4) is 0 Å². The van der Waals surface area contributed by atoms with Crippen molar-refractivity contribution in [3.05, 3.63) is 35.4 Å². The summed E-state index contributed by atoms with van der Waals surface area (Å²) in [6.07, 6.45) is -0.202. The quantitative estimate of drug-likeness (QED) is 0.821. The molecule has 16 heavy (non-hydrogen) atoms. The topological polar surface area (TPSA) is 49.3 Å². The van der Waals surface area contributed by atoms with Gasteiger partial charge in [-0.25, -0.2) is 8.78 Å².